The minimum Gasteiger partial charge on any atom is -0.465 e. The number of hydrogen-bond donors (Lipinski definition) is 1. The smallest absolute Gasteiger partial charge is 0.343 e. The number of carbonyl (C=O) groups is 1. The third-order valence-electron chi connectivity index (χ3n) is 1.75. The Hall–Kier alpha value is -2.11. The maximum atomic E-state index is 11.3. The minimum atomic E-state index is -0.704. The molecule has 2 rings (SSSR count). The highest BCUT2D eigenvalue weighted by atomic mass is 16.5. The van der Waals surface area contributed by atoms with E-state index in [1.54, 1.807) is 0 Å². The van der Waals surface area contributed by atoms with E-state index >= 15 is 0 Å². The average molecular weight is 194 g/mol. The molecule has 0 bridgehead atoms. The summed E-state index contributed by atoms with van der Waals surface area (Å²) in [7, 11) is 1.20. The second kappa shape index (κ2) is 2.99. The molecule has 0 fully saturated rings. The second-order valence-corrected chi connectivity index (χ2v) is 2.57. The van der Waals surface area contributed by atoms with Crippen molar-refractivity contribution in [2.45, 2.75) is 0 Å². The van der Waals surface area contributed by atoms with Gasteiger partial charge in [0.05, 0.1) is 7.11 Å². The van der Waals surface area contributed by atoms with E-state index in [0.29, 0.717) is 11.2 Å². The van der Waals surface area contributed by atoms with Gasteiger partial charge < -0.3 is 14.1 Å². The fourth-order valence-corrected chi connectivity index (χ4v) is 1.08. The molecule has 0 aromatic carbocycles. The second-order valence-electron chi connectivity index (χ2n) is 2.57. The molecule has 0 unspecified atom stereocenters. The van der Waals surface area contributed by atoms with Gasteiger partial charge in [-0.25, -0.2) is 4.79 Å². The zero-order valence-electron chi connectivity index (χ0n) is 7.23. The van der Waals surface area contributed by atoms with E-state index in [0.717, 1.165) is 0 Å². The zero-order valence-corrected chi connectivity index (χ0v) is 7.23. The molecule has 0 amide bonds. The van der Waals surface area contributed by atoms with Crippen molar-refractivity contribution >= 4 is 17.2 Å². The Morgan fingerprint density at radius 3 is 3.14 bits per heavy atom. The standard InChI is InChI=1S/C8H6N2O4/c1-13-8(12)4-2-5-6(9-3-14-5)10-7(4)11/h2-3H,1H3,(H,10,11). The lowest BCUT2D eigenvalue weighted by Crippen LogP contribution is -2.18. The summed E-state index contributed by atoms with van der Waals surface area (Å²) in [5.41, 5.74) is 0.00246. The van der Waals surface area contributed by atoms with Gasteiger partial charge in [0.25, 0.3) is 5.56 Å². The predicted octanol–water partition coefficient (Wildman–Crippen LogP) is 0.303. The molecule has 14 heavy (non-hydrogen) atoms. The normalized spacial score (nSPS) is 10.4. The fourth-order valence-electron chi connectivity index (χ4n) is 1.08. The van der Waals surface area contributed by atoms with E-state index in [4.69, 9.17) is 4.42 Å². The van der Waals surface area contributed by atoms with Gasteiger partial charge in [0.2, 0.25) is 0 Å². The minimum absolute atomic E-state index is 0.100. The summed E-state index contributed by atoms with van der Waals surface area (Å²) in [6, 6.07) is 1.30. The maximum Gasteiger partial charge on any atom is 0.343 e. The maximum absolute atomic E-state index is 11.3. The van der Waals surface area contributed by atoms with E-state index < -0.39 is 11.5 Å². The summed E-state index contributed by atoms with van der Waals surface area (Å²) in [6.07, 6.45) is 1.18. The highest BCUT2D eigenvalue weighted by Crippen LogP contribution is 2.08. The molecule has 0 atom stereocenters. The van der Waals surface area contributed by atoms with Crippen LogP contribution in [0.25, 0.3) is 11.2 Å². The first kappa shape index (κ1) is 8.49. The van der Waals surface area contributed by atoms with Crippen LogP contribution in [-0.4, -0.2) is 23.0 Å². The number of fused-ring (bicyclic) bond motifs is 1. The number of ether oxygens (including phenoxy) is 1. The van der Waals surface area contributed by atoms with Gasteiger partial charge in [0, 0.05) is 6.07 Å². The van der Waals surface area contributed by atoms with Crippen molar-refractivity contribution in [1.82, 2.24) is 9.97 Å². The quantitative estimate of drug-likeness (QED) is 0.660. The van der Waals surface area contributed by atoms with Crippen LogP contribution in [0.4, 0.5) is 0 Å². The van der Waals surface area contributed by atoms with Gasteiger partial charge >= 0.3 is 5.97 Å². The molecule has 72 valence electrons. The van der Waals surface area contributed by atoms with E-state index in [1.165, 1.54) is 19.6 Å². The monoisotopic (exact) mass is 194 g/mol. The van der Waals surface area contributed by atoms with Crippen LogP contribution in [0.2, 0.25) is 0 Å². The number of oxazole rings is 1. The highest BCUT2D eigenvalue weighted by molar-refractivity contribution is 5.91. The Morgan fingerprint density at radius 1 is 1.64 bits per heavy atom. The number of pyridine rings is 1. The third kappa shape index (κ3) is 1.17. The van der Waals surface area contributed by atoms with E-state index in [9.17, 15) is 9.59 Å². The number of carbonyl (C=O) groups excluding carboxylic acids is 1. The van der Waals surface area contributed by atoms with E-state index in [-0.39, 0.29) is 5.56 Å². The Labute approximate surface area is 77.5 Å². The van der Waals surface area contributed by atoms with Crippen LogP contribution in [0.5, 0.6) is 0 Å². The summed E-state index contributed by atoms with van der Waals surface area (Å²) in [6.45, 7) is 0. The number of rotatable bonds is 1. The number of esters is 1. The Kier molecular flexibility index (Phi) is 1.81. The molecule has 0 spiro atoms. The Morgan fingerprint density at radius 2 is 2.43 bits per heavy atom. The van der Waals surface area contributed by atoms with Crippen LogP contribution >= 0.6 is 0 Å². The number of methoxy groups -OCH3 is 1. The molecular weight excluding hydrogens is 188 g/mol. The van der Waals surface area contributed by atoms with Gasteiger partial charge in [-0.1, -0.05) is 0 Å². The zero-order chi connectivity index (χ0) is 10.1. The Balaban J connectivity index is 2.71. The van der Waals surface area contributed by atoms with Crippen molar-refractivity contribution in [3.05, 3.63) is 28.4 Å². The van der Waals surface area contributed by atoms with Gasteiger partial charge in [-0.2, -0.15) is 4.98 Å². The lowest BCUT2D eigenvalue weighted by molar-refractivity contribution is 0.0599. The van der Waals surface area contributed by atoms with Crippen molar-refractivity contribution < 1.29 is 13.9 Å². The largest absolute Gasteiger partial charge is 0.465 e. The number of aromatic amines is 1. The van der Waals surface area contributed by atoms with Crippen LogP contribution in [0.3, 0.4) is 0 Å². The van der Waals surface area contributed by atoms with Gasteiger partial charge in [0.15, 0.2) is 17.6 Å². The number of nitrogens with one attached hydrogen (secondary N) is 1. The van der Waals surface area contributed by atoms with E-state index in [1.807, 2.05) is 0 Å². The first-order valence-electron chi connectivity index (χ1n) is 3.77. The van der Waals surface area contributed by atoms with Gasteiger partial charge in [-0.15, -0.1) is 0 Å². The molecule has 2 aromatic heterocycles. The molecular formula is C8H6N2O4. The van der Waals surface area contributed by atoms with Crippen LogP contribution in [-0.2, 0) is 4.74 Å². The first-order valence-corrected chi connectivity index (χ1v) is 3.77. The molecule has 0 saturated carbocycles. The van der Waals surface area contributed by atoms with Crippen LogP contribution < -0.4 is 5.56 Å². The molecule has 0 aliphatic rings. The molecule has 1 N–H and O–H groups in total. The number of aromatic nitrogens is 2. The molecule has 2 heterocycles. The Bertz CT molecular complexity index is 540. The van der Waals surface area contributed by atoms with Crippen LogP contribution in [0, 0.1) is 0 Å². The summed E-state index contributed by atoms with van der Waals surface area (Å²) >= 11 is 0. The predicted molar refractivity (Wildman–Crippen MR) is 46.0 cm³/mol. The third-order valence-corrected chi connectivity index (χ3v) is 1.75. The fraction of sp³-hybridized carbons (Fsp3) is 0.125. The molecule has 2 aromatic rings. The van der Waals surface area contributed by atoms with Crippen molar-refractivity contribution in [1.29, 1.82) is 0 Å². The lowest BCUT2D eigenvalue weighted by Gasteiger charge is -1.96. The topological polar surface area (TPSA) is 85.2 Å². The number of hydrogen-bond acceptors (Lipinski definition) is 5. The molecule has 6 nitrogen and oxygen atoms in total. The lowest BCUT2D eigenvalue weighted by atomic mass is 10.3. The summed E-state index contributed by atoms with van der Waals surface area (Å²) in [5, 5.41) is 0. The number of H-pyrrole nitrogens is 1. The SMILES string of the molecule is COC(=O)c1cc2ocnc2[nH]c1=O. The van der Waals surface area contributed by atoms with Crippen LogP contribution in [0.15, 0.2) is 21.7 Å². The average Bonchev–Trinajstić information content (AvgIpc) is 2.62. The van der Waals surface area contributed by atoms with Crippen molar-refractivity contribution in [2.75, 3.05) is 7.11 Å². The molecule has 0 aliphatic carbocycles. The van der Waals surface area contributed by atoms with Crippen LogP contribution in [0.1, 0.15) is 10.4 Å². The van der Waals surface area contributed by atoms with Crippen molar-refractivity contribution in [3.63, 3.8) is 0 Å². The summed E-state index contributed by atoms with van der Waals surface area (Å²) < 4.78 is 9.34. The first-order chi connectivity index (χ1) is 6.72. The summed E-state index contributed by atoms with van der Waals surface area (Å²) in [5.74, 6) is -0.704. The van der Waals surface area contributed by atoms with E-state index in [2.05, 4.69) is 14.7 Å². The van der Waals surface area contributed by atoms with Crippen molar-refractivity contribution in [2.24, 2.45) is 0 Å². The molecule has 0 radical (unpaired) electrons. The van der Waals surface area contributed by atoms with Gasteiger partial charge in [-0.05, 0) is 0 Å². The molecule has 0 aliphatic heterocycles. The van der Waals surface area contributed by atoms with Gasteiger partial charge in [0.1, 0.15) is 5.56 Å². The highest BCUT2D eigenvalue weighted by Gasteiger charge is 2.13. The van der Waals surface area contributed by atoms with Crippen molar-refractivity contribution in [3.8, 4) is 0 Å². The molecule has 0 saturated heterocycles. The molecule has 6 heteroatoms. The number of nitrogens with zero attached hydrogens (tertiary/aromatic N) is 1. The van der Waals surface area contributed by atoms with Gasteiger partial charge in [-0.3, -0.25) is 4.79 Å². The summed E-state index contributed by atoms with van der Waals surface area (Å²) in [4.78, 5) is 28.5.